The lowest BCUT2D eigenvalue weighted by atomic mass is 10.0. The van der Waals surface area contributed by atoms with E-state index in [0.717, 1.165) is 19.4 Å². The van der Waals surface area contributed by atoms with Gasteiger partial charge in [-0.25, -0.2) is 0 Å². The Balaban J connectivity index is 0.00000144. The molecular formula is C13H19ClN2O. The summed E-state index contributed by atoms with van der Waals surface area (Å²) in [7, 11) is 1.81. The molecule has 4 heteroatoms. The lowest BCUT2D eigenvalue weighted by molar-refractivity contribution is -0.131. The average molecular weight is 255 g/mol. The number of carbonyl (C=O) groups is 1. The molecule has 3 nitrogen and oxygen atoms in total. The molecular weight excluding hydrogens is 236 g/mol. The predicted molar refractivity (Wildman–Crippen MR) is 71.3 cm³/mol. The van der Waals surface area contributed by atoms with Crippen LogP contribution in [0.5, 0.6) is 0 Å². The lowest BCUT2D eigenvalue weighted by Crippen LogP contribution is -2.36. The summed E-state index contributed by atoms with van der Waals surface area (Å²) in [6.07, 6.45) is 2.19. The molecule has 1 heterocycles. The van der Waals surface area contributed by atoms with Gasteiger partial charge in [-0.1, -0.05) is 30.3 Å². The quantitative estimate of drug-likeness (QED) is 0.895. The fourth-order valence-corrected chi connectivity index (χ4v) is 2.34. The first-order valence-electron chi connectivity index (χ1n) is 5.82. The molecule has 1 aromatic rings. The maximum atomic E-state index is 11.9. The smallest absolute Gasteiger partial charge is 0.237 e. The Labute approximate surface area is 109 Å². The van der Waals surface area contributed by atoms with Gasteiger partial charge in [0.1, 0.15) is 0 Å². The molecule has 1 amide bonds. The van der Waals surface area contributed by atoms with E-state index in [1.54, 1.807) is 0 Å². The van der Waals surface area contributed by atoms with Crippen molar-refractivity contribution in [1.29, 1.82) is 0 Å². The highest BCUT2D eigenvalue weighted by Crippen LogP contribution is 2.31. The van der Waals surface area contributed by atoms with Crippen LogP contribution in [0.25, 0.3) is 0 Å². The van der Waals surface area contributed by atoms with Gasteiger partial charge >= 0.3 is 0 Å². The first-order valence-corrected chi connectivity index (χ1v) is 5.82. The van der Waals surface area contributed by atoms with Crippen molar-refractivity contribution in [3.63, 3.8) is 0 Å². The monoisotopic (exact) mass is 254 g/mol. The van der Waals surface area contributed by atoms with Crippen LogP contribution in [-0.2, 0) is 4.79 Å². The van der Waals surface area contributed by atoms with Crippen LogP contribution in [0.3, 0.4) is 0 Å². The molecule has 1 unspecified atom stereocenters. The van der Waals surface area contributed by atoms with Crippen LogP contribution in [0.4, 0.5) is 0 Å². The zero-order chi connectivity index (χ0) is 11.4. The van der Waals surface area contributed by atoms with Crippen molar-refractivity contribution in [2.24, 2.45) is 0 Å². The van der Waals surface area contributed by atoms with Crippen LogP contribution in [0, 0.1) is 0 Å². The third kappa shape index (κ3) is 3.20. The van der Waals surface area contributed by atoms with Crippen molar-refractivity contribution in [2.75, 3.05) is 20.1 Å². The number of hydrogen-bond acceptors (Lipinski definition) is 2. The van der Waals surface area contributed by atoms with E-state index in [9.17, 15) is 4.79 Å². The number of nitrogens with one attached hydrogen (secondary N) is 1. The van der Waals surface area contributed by atoms with Crippen molar-refractivity contribution < 1.29 is 4.79 Å². The van der Waals surface area contributed by atoms with Crippen LogP contribution in [0.15, 0.2) is 30.3 Å². The Bertz CT molecular complexity index is 356. The number of nitrogens with zero attached hydrogens (tertiary/aromatic N) is 1. The van der Waals surface area contributed by atoms with E-state index in [-0.39, 0.29) is 24.4 Å². The number of amides is 1. The standard InChI is InChI=1S/C13H18N2O.ClH/c1-14-10-13(16)15-9-5-8-12(15)11-6-3-2-4-7-11;/h2-4,6-7,12,14H,5,8-10H2,1H3;1H. The summed E-state index contributed by atoms with van der Waals surface area (Å²) in [5, 5.41) is 2.93. The molecule has 0 saturated carbocycles. The molecule has 1 aliphatic heterocycles. The number of likely N-dealkylation sites (tertiary alicyclic amines) is 1. The van der Waals surface area contributed by atoms with Gasteiger partial charge in [0.05, 0.1) is 12.6 Å². The highest BCUT2D eigenvalue weighted by Gasteiger charge is 2.28. The van der Waals surface area contributed by atoms with Gasteiger partial charge in [-0.05, 0) is 25.5 Å². The molecule has 1 saturated heterocycles. The molecule has 0 aliphatic carbocycles. The fourth-order valence-electron chi connectivity index (χ4n) is 2.34. The largest absolute Gasteiger partial charge is 0.335 e. The Morgan fingerprint density at radius 1 is 1.41 bits per heavy atom. The lowest BCUT2D eigenvalue weighted by Gasteiger charge is -2.25. The van der Waals surface area contributed by atoms with Crippen LogP contribution in [0.2, 0.25) is 0 Å². The van der Waals surface area contributed by atoms with E-state index in [0.29, 0.717) is 6.54 Å². The molecule has 0 radical (unpaired) electrons. The zero-order valence-corrected chi connectivity index (χ0v) is 10.9. The Morgan fingerprint density at radius 2 is 2.12 bits per heavy atom. The highest BCUT2D eigenvalue weighted by molar-refractivity contribution is 5.85. The van der Waals surface area contributed by atoms with Crippen molar-refractivity contribution in [1.82, 2.24) is 10.2 Å². The van der Waals surface area contributed by atoms with Gasteiger partial charge in [-0.2, -0.15) is 0 Å². The first kappa shape index (κ1) is 14.0. The minimum absolute atomic E-state index is 0. The molecule has 17 heavy (non-hydrogen) atoms. The topological polar surface area (TPSA) is 32.3 Å². The SMILES string of the molecule is CNCC(=O)N1CCCC1c1ccccc1.Cl. The average Bonchev–Trinajstić information content (AvgIpc) is 2.79. The van der Waals surface area contributed by atoms with Crippen molar-refractivity contribution in [3.8, 4) is 0 Å². The molecule has 1 aromatic carbocycles. The molecule has 1 aliphatic rings. The van der Waals surface area contributed by atoms with Gasteiger partial charge < -0.3 is 10.2 Å². The number of benzene rings is 1. The van der Waals surface area contributed by atoms with E-state index in [4.69, 9.17) is 0 Å². The Kier molecular flexibility index (Phi) is 5.45. The number of rotatable bonds is 3. The highest BCUT2D eigenvalue weighted by atomic mass is 35.5. The van der Waals surface area contributed by atoms with Gasteiger partial charge in [-0.3, -0.25) is 4.79 Å². The molecule has 0 bridgehead atoms. The molecule has 1 N–H and O–H groups in total. The van der Waals surface area contributed by atoms with Gasteiger partial charge in [0.25, 0.3) is 0 Å². The normalized spacial score (nSPS) is 18.9. The fraction of sp³-hybridized carbons (Fsp3) is 0.462. The van der Waals surface area contributed by atoms with E-state index in [1.807, 2.05) is 30.1 Å². The van der Waals surface area contributed by atoms with Crippen molar-refractivity contribution >= 4 is 18.3 Å². The maximum absolute atomic E-state index is 11.9. The van der Waals surface area contributed by atoms with E-state index in [1.165, 1.54) is 5.56 Å². The van der Waals surface area contributed by atoms with E-state index in [2.05, 4.69) is 17.4 Å². The van der Waals surface area contributed by atoms with Crippen molar-refractivity contribution in [2.45, 2.75) is 18.9 Å². The second kappa shape index (κ2) is 6.62. The molecule has 2 rings (SSSR count). The van der Waals surface area contributed by atoms with Gasteiger partial charge in [0.2, 0.25) is 5.91 Å². The van der Waals surface area contributed by atoms with E-state index >= 15 is 0 Å². The molecule has 1 atom stereocenters. The first-order chi connectivity index (χ1) is 7.83. The minimum atomic E-state index is 0. The summed E-state index contributed by atoms with van der Waals surface area (Å²) in [6, 6.07) is 10.6. The molecule has 0 spiro atoms. The number of halogens is 1. The summed E-state index contributed by atoms with van der Waals surface area (Å²) < 4.78 is 0. The third-order valence-corrected chi connectivity index (χ3v) is 3.09. The van der Waals surface area contributed by atoms with Crippen LogP contribution >= 0.6 is 12.4 Å². The predicted octanol–water partition coefficient (Wildman–Crippen LogP) is 1.99. The van der Waals surface area contributed by atoms with Crippen molar-refractivity contribution in [3.05, 3.63) is 35.9 Å². The summed E-state index contributed by atoms with van der Waals surface area (Å²) in [5.41, 5.74) is 1.25. The molecule has 94 valence electrons. The minimum Gasteiger partial charge on any atom is -0.335 e. The van der Waals surface area contributed by atoms with E-state index < -0.39 is 0 Å². The summed E-state index contributed by atoms with van der Waals surface area (Å²) in [6.45, 7) is 1.32. The number of carbonyl (C=O) groups excluding carboxylic acids is 1. The second-order valence-electron chi connectivity index (χ2n) is 4.19. The third-order valence-electron chi connectivity index (χ3n) is 3.09. The Hall–Kier alpha value is -1.06. The summed E-state index contributed by atoms with van der Waals surface area (Å²) in [4.78, 5) is 13.9. The second-order valence-corrected chi connectivity index (χ2v) is 4.19. The Morgan fingerprint density at radius 3 is 2.76 bits per heavy atom. The van der Waals surface area contributed by atoms with Crippen LogP contribution in [0.1, 0.15) is 24.4 Å². The molecule has 0 aromatic heterocycles. The van der Waals surface area contributed by atoms with Crippen LogP contribution in [-0.4, -0.2) is 30.9 Å². The van der Waals surface area contributed by atoms with Gasteiger partial charge in [0.15, 0.2) is 0 Å². The number of hydrogen-bond donors (Lipinski definition) is 1. The summed E-state index contributed by atoms with van der Waals surface area (Å²) >= 11 is 0. The maximum Gasteiger partial charge on any atom is 0.237 e. The summed E-state index contributed by atoms with van der Waals surface area (Å²) in [5.74, 6) is 0.203. The zero-order valence-electron chi connectivity index (χ0n) is 10.1. The molecule has 1 fully saturated rings. The van der Waals surface area contributed by atoms with Gasteiger partial charge in [0, 0.05) is 6.54 Å². The van der Waals surface area contributed by atoms with Crippen LogP contribution < -0.4 is 5.32 Å². The number of likely N-dealkylation sites (N-methyl/N-ethyl adjacent to an activating group) is 1. The van der Waals surface area contributed by atoms with Gasteiger partial charge in [-0.15, -0.1) is 12.4 Å².